The van der Waals surface area contributed by atoms with Crippen LogP contribution in [0.4, 0.5) is 8.78 Å². The maximum absolute atomic E-state index is 13.4. The number of alkyl halides is 1. The molecule has 0 spiro atoms. The van der Waals surface area contributed by atoms with Crippen molar-refractivity contribution in [2.45, 2.75) is 6.42 Å². The SMILES string of the molecule is O=C(CCl)N1CC(Cc2ccc(F)cc2F)C1. The average molecular weight is 260 g/mol. The first-order chi connectivity index (χ1) is 8.10. The van der Waals surface area contributed by atoms with Gasteiger partial charge in [-0.15, -0.1) is 11.6 Å². The molecule has 17 heavy (non-hydrogen) atoms. The van der Waals surface area contributed by atoms with Gasteiger partial charge in [-0.1, -0.05) is 6.07 Å². The minimum Gasteiger partial charge on any atom is -0.341 e. The van der Waals surface area contributed by atoms with E-state index in [4.69, 9.17) is 11.6 Å². The fourth-order valence-electron chi connectivity index (χ4n) is 1.99. The van der Waals surface area contributed by atoms with Crippen molar-refractivity contribution in [2.75, 3.05) is 19.0 Å². The molecule has 1 fully saturated rings. The topological polar surface area (TPSA) is 20.3 Å². The highest BCUT2D eigenvalue weighted by Crippen LogP contribution is 2.22. The molecule has 0 N–H and O–H groups in total. The summed E-state index contributed by atoms with van der Waals surface area (Å²) in [6, 6.07) is 3.59. The summed E-state index contributed by atoms with van der Waals surface area (Å²) in [5.74, 6) is -0.965. The number of hydrogen-bond donors (Lipinski definition) is 0. The lowest BCUT2D eigenvalue weighted by atomic mass is 9.92. The van der Waals surface area contributed by atoms with Gasteiger partial charge < -0.3 is 4.90 Å². The number of rotatable bonds is 3. The molecule has 5 heteroatoms. The van der Waals surface area contributed by atoms with Crippen LogP contribution in [0.1, 0.15) is 5.56 Å². The number of likely N-dealkylation sites (tertiary alicyclic amines) is 1. The number of carbonyl (C=O) groups excluding carboxylic acids is 1. The lowest BCUT2D eigenvalue weighted by Crippen LogP contribution is -2.51. The quantitative estimate of drug-likeness (QED) is 0.762. The molecule has 0 atom stereocenters. The van der Waals surface area contributed by atoms with E-state index in [-0.39, 0.29) is 17.7 Å². The molecule has 0 bridgehead atoms. The van der Waals surface area contributed by atoms with E-state index < -0.39 is 11.6 Å². The second-order valence-electron chi connectivity index (χ2n) is 4.24. The molecule has 1 amide bonds. The second-order valence-corrected chi connectivity index (χ2v) is 4.51. The molecule has 2 nitrogen and oxygen atoms in total. The first-order valence-electron chi connectivity index (χ1n) is 5.38. The summed E-state index contributed by atoms with van der Waals surface area (Å²) in [7, 11) is 0. The van der Waals surface area contributed by atoms with E-state index in [1.54, 1.807) is 4.90 Å². The van der Waals surface area contributed by atoms with Gasteiger partial charge in [0.15, 0.2) is 0 Å². The van der Waals surface area contributed by atoms with Crippen molar-refractivity contribution in [2.24, 2.45) is 5.92 Å². The highest BCUT2D eigenvalue weighted by Gasteiger charge is 2.30. The second kappa shape index (κ2) is 5.00. The van der Waals surface area contributed by atoms with Crippen molar-refractivity contribution in [3.63, 3.8) is 0 Å². The number of halogens is 3. The third-order valence-electron chi connectivity index (χ3n) is 2.95. The highest BCUT2D eigenvalue weighted by molar-refractivity contribution is 6.27. The van der Waals surface area contributed by atoms with Crippen LogP contribution in [0.15, 0.2) is 18.2 Å². The molecule has 0 aromatic heterocycles. The fraction of sp³-hybridized carbons (Fsp3) is 0.417. The molecule has 1 aromatic rings. The monoisotopic (exact) mass is 259 g/mol. The van der Waals surface area contributed by atoms with E-state index in [1.165, 1.54) is 12.1 Å². The van der Waals surface area contributed by atoms with Crippen molar-refractivity contribution in [3.05, 3.63) is 35.4 Å². The first-order valence-corrected chi connectivity index (χ1v) is 5.91. The summed E-state index contributed by atoms with van der Waals surface area (Å²) in [4.78, 5) is 12.8. The predicted molar refractivity (Wildman–Crippen MR) is 60.9 cm³/mol. The van der Waals surface area contributed by atoms with Crippen LogP contribution in [-0.2, 0) is 11.2 Å². The number of carbonyl (C=O) groups is 1. The molecular weight excluding hydrogens is 248 g/mol. The van der Waals surface area contributed by atoms with Gasteiger partial charge >= 0.3 is 0 Å². The van der Waals surface area contributed by atoms with Crippen molar-refractivity contribution in [1.29, 1.82) is 0 Å². The van der Waals surface area contributed by atoms with Crippen LogP contribution >= 0.6 is 11.6 Å². The number of hydrogen-bond acceptors (Lipinski definition) is 1. The van der Waals surface area contributed by atoms with Gasteiger partial charge in [-0.3, -0.25) is 4.79 Å². The fourth-order valence-corrected chi connectivity index (χ4v) is 2.15. The largest absolute Gasteiger partial charge is 0.341 e. The molecular formula is C12H12ClF2NO. The molecule has 1 aromatic carbocycles. The van der Waals surface area contributed by atoms with Gasteiger partial charge in [-0.05, 0) is 24.0 Å². The van der Waals surface area contributed by atoms with Crippen molar-refractivity contribution < 1.29 is 13.6 Å². The summed E-state index contributed by atoms with van der Waals surface area (Å²) in [6.45, 7) is 1.20. The Bertz CT molecular complexity index is 433. The predicted octanol–water partition coefficient (Wildman–Crippen LogP) is 2.20. The minimum atomic E-state index is -0.571. The van der Waals surface area contributed by atoms with Crippen molar-refractivity contribution >= 4 is 17.5 Å². The summed E-state index contributed by atoms with van der Waals surface area (Å²) < 4.78 is 26.0. The molecule has 2 rings (SSSR count). The molecule has 0 radical (unpaired) electrons. The summed E-state index contributed by atoms with van der Waals surface area (Å²) in [5.41, 5.74) is 0.495. The lowest BCUT2D eigenvalue weighted by Gasteiger charge is -2.39. The van der Waals surface area contributed by atoms with Gasteiger partial charge in [0.05, 0.1) is 0 Å². The molecule has 1 saturated heterocycles. The van der Waals surface area contributed by atoms with E-state index in [1.807, 2.05) is 0 Å². The Kier molecular flexibility index (Phi) is 3.62. The van der Waals surface area contributed by atoms with E-state index >= 15 is 0 Å². The molecule has 0 saturated carbocycles. The van der Waals surface area contributed by atoms with Crippen LogP contribution in [0, 0.1) is 17.6 Å². The molecule has 0 aliphatic carbocycles. The Hall–Kier alpha value is -1.16. The standard InChI is InChI=1S/C12H12ClF2NO/c13-5-12(17)16-6-8(7-16)3-9-1-2-10(14)4-11(9)15/h1-2,4,8H,3,5-7H2. The smallest absolute Gasteiger partial charge is 0.237 e. The third kappa shape index (κ3) is 2.75. The maximum Gasteiger partial charge on any atom is 0.237 e. The number of amides is 1. The van der Waals surface area contributed by atoms with Gasteiger partial charge in [-0.2, -0.15) is 0 Å². The van der Waals surface area contributed by atoms with Gasteiger partial charge in [0.25, 0.3) is 0 Å². The number of nitrogens with zero attached hydrogens (tertiary/aromatic N) is 1. The summed E-state index contributed by atoms with van der Waals surface area (Å²) >= 11 is 5.42. The molecule has 0 unspecified atom stereocenters. The van der Waals surface area contributed by atoms with E-state index in [2.05, 4.69) is 0 Å². The Labute approximate surface area is 103 Å². The molecule has 92 valence electrons. The van der Waals surface area contributed by atoms with E-state index in [9.17, 15) is 13.6 Å². The minimum absolute atomic E-state index is 0.0162. The van der Waals surface area contributed by atoms with Crippen LogP contribution in [-0.4, -0.2) is 29.8 Å². The van der Waals surface area contributed by atoms with Gasteiger partial charge in [0, 0.05) is 19.2 Å². The maximum atomic E-state index is 13.4. The highest BCUT2D eigenvalue weighted by atomic mass is 35.5. The average Bonchev–Trinajstić information content (AvgIpc) is 2.24. The van der Waals surface area contributed by atoms with Crippen LogP contribution in [0.25, 0.3) is 0 Å². The molecule has 1 aliphatic rings. The first kappa shape index (κ1) is 12.3. The Morgan fingerprint density at radius 2 is 2.12 bits per heavy atom. The zero-order chi connectivity index (χ0) is 12.4. The summed E-state index contributed by atoms with van der Waals surface area (Å²) in [6.07, 6.45) is 0.526. The van der Waals surface area contributed by atoms with Gasteiger partial charge in [0.1, 0.15) is 17.5 Å². The van der Waals surface area contributed by atoms with Crippen molar-refractivity contribution in [3.8, 4) is 0 Å². The van der Waals surface area contributed by atoms with Crippen molar-refractivity contribution in [1.82, 2.24) is 4.90 Å². The summed E-state index contributed by atoms with van der Waals surface area (Å²) in [5, 5.41) is 0. The van der Waals surface area contributed by atoms with Gasteiger partial charge in [-0.25, -0.2) is 8.78 Å². The normalized spacial score (nSPS) is 15.8. The van der Waals surface area contributed by atoms with Crippen LogP contribution in [0.5, 0.6) is 0 Å². The van der Waals surface area contributed by atoms with Gasteiger partial charge in [0.2, 0.25) is 5.91 Å². The Morgan fingerprint density at radius 3 is 2.71 bits per heavy atom. The number of benzene rings is 1. The van der Waals surface area contributed by atoms with Crippen LogP contribution in [0.3, 0.4) is 0 Å². The van der Waals surface area contributed by atoms with Crippen LogP contribution in [0.2, 0.25) is 0 Å². The Balaban J connectivity index is 1.90. The third-order valence-corrected chi connectivity index (χ3v) is 3.18. The van der Waals surface area contributed by atoms with Crippen LogP contribution < -0.4 is 0 Å². The molecule has 1 heterocycles. The Morgan fingerprint density at radius 1 is 1.41 bits per heavy atom. The zero-order valence-corrected chi connectivity index (χ0v) is 9.88. The van der Waals surface area contributed by atoms with E-state index in [0.717, 1.165) is 6.07 Å². The lowest BCUT2D eigenvalue weighted by molar-refractivity contribution is -0.134. The molecule has 1 aliphatic heterocycles. The zero-order valence-electron chi connectivity index (χ0n) is 9.13. The van der Waals surface area contributed by atoms with E-state index in [0.29, 0.717) is 25.1 Å².